The second-order valence-corrected chi connectivity index (χ2v) is 12.5. The molecular formula is C41H30O15. The van der Waals surface area contributed by atoms with Crippen LogP contribution in [0.2, 0.25) is 0 Å². The van der Waals surface area contributed by atoms with Crippen molar-refractivity contribution < 1.29 is 74.6 Å². The Morgan fingerprint density at radius 2 is 0.571 bits per heavy atom. The summed E-state index contributed by atoms with van der Waals surface area (Å²) in [5, 5.41) is 87.6. The molecule has 6 rings (SSSR count). The minimum absolute atomic E-state index is 0.0929. The summed E-state index contributed by atoms with van der Waals surface area (Å²) in [4.78, 5) is 38.3. The number of hydrogen-bond donors (Lipinski definition) is 9. The zero-order chi connectivity index (χ0) is 40.5. The van der Waals surface area contributed by atoms with Crippen molar-refractivity contribution in [2.45, 2.75) is 12.3 Å². The van der Waals surface area contributed by atoms with Gasteiger partial charge in [0.15, 0.2) is 51.7 Å². The van der Waals surface area contributed by atoms with Crippen LogP contribution in [-0.2, 0) is 5.41 Å². The molecule has 0 spiro atoms. The summed E-state index contributed by atoms with van der Waals surface area (Å²) in [6.07, 6.45) is 0. The molecule has 9 N–H and O–H groups in total. The number of carbonyl (C=O) groups is 3. The Labute approximate surface area is 316 Å². The Morgan fingerprint density at radius 1 is 0.375 bits per heavy atom. The summed E-state index contributed by atoms with van der Waals surface area (Å²) >= 11 is 0. The van der Waals surface area contributed by atoms with Crippen molar-refractivity contribution in [3.05, 3.63) is 143 Å². The monoisotopic (exact) mass is 762 g/mol. The fraction of sp³-hybridized carbons (Fsp3) is 0.0488. The van der Waals surface area contributed by atoms with Crippen LogP contribution < -0.4 is 14.2 Å². The van der Waals surface area contributed by atoms with Crippen molar-refractivity contribution in [3.8, 4) is 69.0 Å². The zero-order valence-corrected chi connectivity index (χ0v) is 28.9. The topological polar surface area (TPSA) is 261 Å². The minimum atomic E-state index is -1.01. The highest BCUT2D eigenvalue weighted by atomic mass is 16.5. The first-order valence-electron chi connectivity index (χ1n) is 16.3. The average Bonchev–Trinajstić information content (AvgIpc) is 3.18. The van der Waals surface area contributed by atoms with Gasteiger partial charge in [-0.25, -0.2) is 14.4 Å². The lowest BCUT2D eigenvalue weighted by molar-refractivity contribution is 0.0724. The average molecular weight is 763 g/mol. The lowest BCUT2D eigenvalue weighted by Gasteiger charge is -2.32. The molecule has 0 radical (unpaired) electrons. The van der Waals surface area contributed by atoms with Crippen molar-refractivity contribution >= 4 is 17.9 Å². The van der Waals surface area contributed by atoms with Crippen molar-refractivity contribution in [1.82, 2.24) is 0 Å². The first kappa shape index (κ1) is 37.7. The van der Waals surface area contributed by atoms with Crippen LogP contribution in [0.1, 0.15) is 54.7 Å². The van der Waals surface area contributed by atoms with Gasteiger partial charge in [-0.15, -0.1) is 0 Å². The number of carbonyl (C=O) groups excluding carboxylic acids is 3. The quantitative estimate of drug-likeness (QED) is 0.0351. The van der Waals surface area contributed by atoms with Crippen molar-refractivity contribution in [3.63, 3.8) is 0 Å². The highest BCUT2D eigenvalue weighted by molar-refractivity contribution is 5.94. The van der Waals surface area contributed by atoms with Gasteiger partial charge in [0, 0.05) is 5.41 Å². The number of benzene rings is 6. The molecule has 6 aromatic carbocycles. The second kappa shape index (κ2) is 14.7. The Kier molecular flexibility index (Phi) is 9.92. The lowest BCUT2D eigenvalue weighted by Crippen LogP contribution is -2.25. The maximum Gasteiger partial charge on any atom is 0.343 e. The smallest absolute Gasteiger partial charge is 0.343 e. The molecule has 0 aliphatic carbocycles. The number of hydrogen-bond acceptors (Lipinski definition) is 15. The van der Waals surface area contributed by atoms with Crippen molar-refractivity contribution in [1.29, 1.82) is 0 Å². The van der Waals surface area contributed by atoms with Gasteiger partial charge in [-0.1, -0.05) is 36.4 Å². The lowest BCUT2D eigenvalue weighted by atomic mass is 9.71. The number of rotatable bonds is 9. The van der Waals surface area contributed by atoms with Gasteiger partial charge in [0.05, 0.1) is 16.7 Å². The van der Waals surface area contributed by atoms with Gasteiger partial charge in [0.25, 0.3) is 0 Å². The molecule has 15 heteroatoms. The minimum Gasteiger partial charge on any atom is -0.504 e. The van der Waals surface area contributed by atoms with Crippen molar-refractivity contribution in [2.75, 3.05) is 0 Å². The SMILES string of the molecule is CC(c1ccc(OC(=O)c2cc(O)c(O)c(O)c2)cc1)(c1ccc(OC(=O)c2cc(O)c(O)c(O)c2)cc1)c1ccc(OC(=O)c2cc(O)c(O)c(O)c2)cc1. The van der Waals surface area contributed by atoms with Gasteiger partial charge in [-0.3, -0.25) is 0 Å². The molecule has 0 aliphatic rings. The summed E-state index contributed by atoms with van der Waals surface area (Å²) < 4.78 is 16.3. The number of ether oxygens (including phenoxy) is 3. The Morgan fingerprint density at radius 3 is 0.768 bits per heavy atom. The first-order valence-corrected chi connectivity index (χ1v) is 16.3. The molecule has 0 aromatic heterocycles. The molecule has 0 fully saturated rings. The molecule has 0 amide bonds. The van der Waals surface area contributed by atoms with Gasteiger partial charge in [-0.2, -0.15) is 0 Å². The largest absolute Gasteiger partial charge is 0.504 e. The third kappa shape index (κ3) is 7.40. The molecule has 0 unspecified atom stereocenters. The maximum atomic E-state index is 12.8. The fourth-order valence-electron chi connectivity index (χ4n) is 5.73. The normalized spacial score (nSPS) is 11.1. The number of aromatic hydroxyl groups is 9. The summed E-state index contributed by atoms with van der Waals surface area (Å²) in [6, 6.07) is 24.6. The molecule has 0 saturated heterocycles. The number of phenols is 9. The highest BCUT2D eigenvalue weighted by Crippen LogP contribution is 2.42. The van der Waals surface area contributed by atoms with Gasteiger partial charge in [0.2, 0.25) is 0 Å². The third-order valence-corrected chi connectivity index (χ3v) is 8.84. The van der Waals surface area contributed by atoms with E-state index in [9.17, 15) is 60.3 Å². The summed E-state index contributed by atoms with van der Waals surface area (Å²) in [5.74, 6) is -9.22. The first-order chi connectivity index (χ1) is 26.5. The van der Waals surface area contributed by atoms with Crippen LogP contribution in [0, 0.1) is 0 Å². The Bertz CT molecular complexity index is 2140. The molecular weight excluding hydrogens is 732 g/mol. The van der Waals surface area contributed by atoms with E-state index in [2.05, 4.69) is 0 Å². The standard InChI is InChI=1S/C41H30O15/c1-41(23-2-8-26(9-3-23)54-38(51)20-14-29(42)35(48)30(43)15-20,24-4-10-27(11-5-24)55-39(52)21-16-31(44)36(49)32(45)17-21)25-6-12-28(13-7-25)56-40(53)22-18-33(46)37(50)34(47)19-22/h2-19,42-50H,1H3. The number of esters is 3. The molecule has 0 saturated carbocycles. The second-order valence-electron chi connectivity index (χ2n) is 12.5. The van der Waals surface area contributed by atoms with Gasteiger partial charge in [0.1, 0.15) is 17.2 Å². The third-order valence-electron chi connectivity index (χ3n) is 8.84. The summed E-state index contributed by atoms with van der Waals surface area (Å²) in [7, 11) is 0. The van der Waals surface area contributed by atoms with Gasteiger partial charge >= 0.3 is 17.9 Å². The highest BCUT2D eigenvalue weighted by Gasteiger charge is 2.32. The predicted molar refractivity (Wildman–Crippen MR) is 194 cm³/mol. The Hall–Kier alpha value is -8.07. The van der Waals surface area contributed by atoms with E-state index < -0.39 is 75.1 Å². The van der Waals surface area contributed by atoms with E-state index in [-0.39, 0.29) is 33.9 Å². The molecule has 15 nitrogen and oxygen atoms in total. The molecule has 0 atom stereocenters. The van der Waals surface area contributed by atoms with Gasteiger partial charge < -0.3 is 60.2 Å². The van der Waals surface area contributed by atoms with Crippen LogP contribution in [0.3, 0.4) is 0 Å². The van der Waals surface area contributed by atoms with Crippen LogP contribution in [0.5, 0.6) is 69.0 Å². The van der Waals surface area contributed by atoms with E-state index in [4.69, 9.17) is 14.2 Å². The predicted octanol–water partition coefficient (Wildman–Crippen LogP) is 6.05. The van der Waals surface area contributed by atoms with E-state index in [1.165, 1.54) is 36.4 Å². The van der Waals surface area contributed by atoms with E-state index in [0.29, 0.717) is 16.7 Å². The van der Waals surface area contributed by atoms with Crippen LogP contribution in [0.4, 0.5) is 0 Å². The van der Waals surface area contributed by atoms with Crippen LogP contribution >= 0.6 is 0 Å². The van der Waals surface area contributed by atoms with Crippen LogP contribution in [0.25, 0.3) is 0 Å². The summed E-state index contributed by atoms with van der Waals surface area (Å²) in [5.41, 5.74) is 0.250. The van der Waals surface area contributed by atoms with E-state index in [1.54, 1.807) is 36.4 Å². The molecule has 6 aromatic rings. The van der Waals surface area contributed by atoms with Crippen LogP contribution in [-0.4, -0.2) is 63.9 Å². The maximum absolute atomic E-state index is 12.8. The van der Waals surface area contributed by atoms with E-state index in [1.807, 2.05) is 6.92 Å². The zero-order valence-electron chi connectivity index (χ0n) is 28.9. The van der Waals surface area contributed by atoms with Gasteiger partial charge in [-0.05, 0) is 96.4 Å². The van der Waals surface area contributed by atoms with Crippen molar-refractivity contribution in [2.24, 2.45) is 0 Å². The molecule has 0 bridgehead atoms. The van der Waals surface area contributed by atoms with E-state index in [0.717, 1.165) is 36.4 Å². The Balaban J connectivity index is 1.30. The fourth-order valence-corrected chi connectivity index (χ4v) is 5.73. The van der Waals surface area contributed by atoms with Crippen LogP contribution in [0.15, 0.2) is 109 Å². The van der Waals surface area contributed by atoms with E-state index >= 15 is 0 Å². The molecule has 0 aliphatic heterocycles. The molecule has 0 heterocycles. The molecule has 284 valence electrons. The summed E-state index contributed by atoms with van der Waals surface area (Å²) in [6.45, 7) is 1.86. The molecule has 56 heavy (non-hydrogen) atoms. The number of phenolic OH excluding ortho intramolecular Hbond substituents is 9.